The fraction of sp³-hybridized carbons (Fsp3) is 0.897. The highest BCUT2D eigenvalue weighted by Crippen LogP contribution is 2.42. The number of hydrogen-bond acceptors (Lipinski definition) is 4. The zero-order chi connectivity index (χ0) is 25.4. The topological polar surface area (TPSA) is 79.0 Å². The zero-order valence-corrected chi connectivity index (χ0v) is 22.6. The second kappa shape index (κ2) is 13.1. The SMILES string of the molecule is CCOC(=O)NC(=O)N(C1CCCCC1)C1(C(=O)N(C2CCCCC2)C2CCCCC2)CCCCC1. The number of nitrogens with zero attached hydrogens (tertiary/aromatic N) is 2. The highest BCUT2D eigenvalue weighted by molar-refractivity contribution is 5.96. The van der Waals surface area contributed by atoms with Crippen LogP contribution in [0.25, 0.3) is 0 Å². The summed E-state index contributed by atoms with van der Waals surface area (Å²) in [4.78, 5) is 45.4. The van der Waals surface area contributed by atoms with E-state index >= 15 is 4.79 Å². The predicted molar refractivity (Wildman–Crippen MR) is 141 cm³/mol. The molecule has 4 rings (SSSR count). The minimum Gasteiger partial charge on any atom is -0.450 e. The number of imide groups is 1. The first-order chi connectivity index (χ1) is 17.6. The fourth-order valence-electron chi connectivity index (χ4n) is 7.65. The molecule has 0 aliphatic heterocycles. The van der Waals surface area contributed by atoms with Crippen molar-refractivity contribution in [1.82, 2.24) is 15.1 Å². The molecule has 7 heteroatoms. The van der Waals surface area contributed by atoms with E-state index in [1.807, 2.05) is 4.90 Å². The van der Waals surface area contributed by atoms with E-state index in [9.17, 15) is 9.59 Å². The van der Waals surface area contributed by atoms with Crippen molar-refractivity contribution in [3.8, 4) is 0 Å². The Bertz CT molecular complexity index is 715. The number of carbonyl (C=O) groups excluding carboxylic acids is 3. The van der Waals surface area contributed by atoms with Gasteiger partial charge >= 0.3 is 12.1 Å². The summed E-state index contributed by atoms with van der Waals surface area (Å²) in [5.41, 5.74) is -0.855. The maximum atomic E-state index is 15.0. The van der Waals surface area contributed by atoms with Gasteiger partial charge in [-0.25, -0.2) is 14.9 Å². The molecule has 0 bridgehead atoms. The second-order valence-corrected chi connectivity index (χ2v) is 11.7. The molecule has 0 aromatic heterocycles. The summed E-state index contributed by atoms with van der Waals surface area (Å²) < 4.78 is 5.08. The van der Waals surface area contributed by atoms with Gasteiger partial charge in [-0.2, -0.15) is 0 Å². The van der Waals surface area contributed by atoms with Gasteiger partial charge in [0, 0.05) is 18.1 Å². The van der Waals surface area contributed by atoms with Crippen LogP contribution >= 0.6 is 0 Å². The van der Waals surface area contributed by atoms with Crippen LogP contribution in [0.4, 0.5) is 9.59 Å². The molecule has 36 heavy (non-hydrogen) atoms. The molecular formula is C29H49N3O4. The van der Waals surface area contributed by atoms with E-state index in [1.165, 1.54) is 44.9 Å². The molecule has 0 aromatic carbocycles. The summed E-state index contributed by atoms with van der Waals surface area (Å²) in [6, 6.07) is 0.140. The molecule has 204 valence electrons. The summed E-state index contributed by atoms with van der Waals surface area (Å²) in [6.45, 7) is 1.95. The molecule has 0 radical (unpaired) electrons. The van der Waals surface area contributed by atoms with Crippen molar-refractivity contribution in [3.05, 3.63) is 0 Å². The van der Waals surface area contributed by atoms with Crippen molar-refractivity contribution in [2.45, 2.75) is 159 Å². The zero-order valence-electron chi connectivity index (χ0n) is 22.6. The average molecular weight is 504 g/mol. The fourth-order valence-corrected chi connectivity index (χ4v) is 7.65. The van der Waals surface area contributed by atoms with Crippen LogP contribution in [0.1, 0.15) is 135 Å². The third kappa shape index (κ3) is 6.19. The molecule has 0 saturated heterocycles. The number of hydrogen-bond donors (Lipinski definition) is 1. The van der Waals surface area contributed by atoms with Gasteiger partial charge in [-0.05, 0) is 58.3 Å². The Labute approximate surface area is 218 Å². The van der Waals surface area contributed by atoms with Crippen molar-refractivity contribution in [1.29, 1.82) is 0 Å². The molecule has 0 atom stereocenters. The van der Waals surface area contributed by atoms with Gasteiger partial charge in [0.2, 0.25) is 5.91 Å². The molecule has 1 N–H and O–H groups in total. The first-order valence-corrected chi connectivity index (χ1v) is 15.2. The van der Waals surface area contributed by atoms with E-state index in [1.54, 1.807) is 6.92 Å². The first-order valence-electron chi connectivity index (χ1n) is 15.2. The number of amides is 4. The first kappa shape index (κ1) is 27.3. The van der Waals surface area contributed by atoms with Crippen LogP contribution in [0, 0.1) is 0 Å². The smallest absolute Gasteiger partial charge is 0.415 e. The molecule has 0 spiro atoms. The Morgan fingerprint density at radius 1 is 0.694 bits per heavy atom. The largest absolute Gasteiger partial charge is 0.450 e. The van der Waals surface area contributed by atoms with E-state index in [2.05, 4.69) is 10.2 Å². The summed E-state index contributed by atoms with van der Waals surface area (Å²) in [7, 11) is 0. The quantitative estimate of drug-likeness (QED) is 0.438. The third-order valence-electron chi connectivity index (χ3n) is 9.35. The molecule has 7 nitrogen and oxygen atoms in total. The number of urea groups is 1. The summed E-state index contributed by atoms with van der Waals surface area (Å²) in [5, 5.41) is 2.51. The van der Waals surface area contributed by atoms with E-state index in [0.29, 0.717) is 12.8 Å². The molecule has 4 saturated carbocycles. The van der Waals surface area contributed by atoms with Crippen LogP contribution in [-0.2, 0) is 9.53 Å². The Kier molecular flexibility index (Phi) is 9.95. The van der Waals surface area contributed by atoms with Crippen LogP contribution in [0.2, 0.25) is 0 Å². The van der Waals surface area contributed by atoms with Crippen molar-refractivity contribution >= 4 is 18.0 Å². The number of ether oxygens (including phenoxy) is 1. The Balaban J connectivity index is 1.71. The average Bonchev–Trinajstić information content (AvgIpc) is 2.91. The van der Waals surface area contributed by atoms with Crippen molar-refractivity contribution in [2.75, 3.05) is 6.61 Å². The van der Waals surface area contributed by atoms with Gasteiger partial charge in [0.1, 0.15) is 5.54 Å². The number of nitrogens with one attached hydrogen (secondary N) is 1. The van der Waals surface area contributed by atoms with Gasteiger partial charge in [-0.1, -0.05) is 77.0 Å². The van der Waals surface area contributed by atoms with Gasteiger partial charge in [-0.15, -0.1) is 0 Å². The second-order valence-electron chi connectivity index (χ2n) is 11.7. The molecule has 4 aliphatic carbocycles. The Morgan fingerprint density at radius 3 is 1.61 bits per heavy atom. The summed E-state index contributed by atoms with van der Waals surface area (Å²) in [6.07, 6.45) is 20.4. The van der Waals surface area contributed by atoms with Crippen molar-refractivity contribution in [3.63, 3.8) is 0 Å². The van der Waals surface area contributed by atoms with Gasteiger partial charge < -0.3 is 14.5 Å². The predicted octanol–water partition coefficient (Wildman–Crippen LogP) is 6.68. The molecule has 4 amide bonds. The van der Waals surface area contributed by atoms with Crippen molar-refractivity contribution in [2.24, 2.45) is 0 Å². The summed E-state index contributed by atoms with van der Waals surface area (Å²) >= 11 is 0. The maximum absolute atomic E-state index is 15.0. The van der Waals surface area contributed by atoms with Crippen LogP contribution in [0.15, 0.2) is 0 Å². The highest BCUT2D eigenvalue weighted by Gasteiger charge is 2.53. The lowest BCUT2D eigenvalue weighted by atomic mass is 9.75. The van der Waals surface area contributed by atoms with Gasteiger partial charge in [0.05, 0.1) is 6.61 Å². The lowest BCUT2D eigenvalue weighted by Gasteiger charge is -2.53. The van der Waals surface area contributed by atoms with E-state index in [0.717, 1.165) is 70.6 Å². The standard InChI is InChI=1S/C29H49N3O4/c1-2-36-28(35)30-27(34)32(25-19-11-5-12-20-25)29(21-13-6-14-22-29)26(33)31(23-15-7-3-8-16-23)24-17-9-4-10-18-24/h23-25H,2-22H2,1H3,(H,30,34,35). The summed E-state index contributed by atoms with van der Waals surface area (Å²) in [5.74, 6) is 0.186. The van der Waals surface area contributed by atoms with E-state index in [4.69, 9.17) is 4.74 Å². The monoisotopic (exact) mass is 503 g/mol. The molecule has 4 fully saturated rings. The minimum absolute atomic E-state index is 0.00483. The van der Waals surface area contributed by atoms with Crippen LogP contribution < -0.4 is 5.32 Å². The van der Waals surface area contributed by atoms with E-state index in [-0.39, 0.29) is 30.6 Å². The number of carbonyl (C=O) groups is 3. The number of alkyl carbamates (subject to hydrolysis) is 1. The Morgan fingerprint density at radius 2 is 1.14 bits per heavy atom. The van der Waals surface area contributed by atoms with Crippen LogP contribution in [0.5, 0.6) is 0 Å². The van der Waals surface area contributed by atoms with Gasteiger partial charge in [-0.3, -0.25) is 4.79 Å². The molecule has 0 heterocycles. The molecule has 0 unspecified atom stereocenters. The normalized spacial score (nSPS) is 24.0. The van der Waals surface area contributed by atoms with Gasteiger partial charge in [0.15, 0.2) is 0 Å². The Hall–Kier alpha value is -1.79. The third-order valence-corrected chi connectivity index (χ3v) is 9.35. The van der Waals surface area contributed by atoms with Crippen LogP contribution in [-0.4, -0.2) is 58.1 Å². The molecule has 4 aliphatic rings. The van der Waals surface area contributed by atoms with Crippen molar-refractivity contribution < 1.29 is 19.1 Å². The minimum atomic E-state index is -0.855. The molecular weight excluding hydrogens is 454 g/mol. The maximum Gasteiger partial charge on any atom is 0.415 e. The highest BCUT2D eigenvalue weighted by atomic mass is 16.5. The number of rotatable bonds is 6. The molecule has 0 aromatic rings. The van der Waals surface area contributed by atoms with E-state index < -0.39 is 17.7 Å². The lowest BCUT2D eigenvalue weighted by molar-refractivity contribution is -0.154. The van der Waals surface area contributed by atoms with Crippen LogP contribution in [0.3, 0.4) is 0 Å². The lowest BCUT2D eigenvalue weighted by Crippen LogP contribution is -2.69. The van der Waals surface area contributed by atoms with Gasteiger partial charge in [0.25, 0.3) is 0 Å².